The molecule has 1 amide bonds. The van der Waals surface area contributed by atoms with Crippen molar-refractivity contribution in [3.05, 3.63) is 65.0 Å². The molecular formula is C27H35FN8O. The molecule has 37 heavy (non-hydrogen) atoms. The molecule has 0 bridgehead atoms. The van der Waals surface area contributed by atoms with E-state index in [0.717, 1.165) is 37.2 Å². The Morgan fingerprint density at radius 2 is 1.97 bits per heavy atom. The molecule has 1 saturated heterocycles. The predicted molar refractivity (Wildman–Crippen MR) is 145 cm³/mol. The summed E-state index contributed by atoms with van der Waals surface area (Å²) in [5, 5.41) is 6.71. The number of aromatic nitrogens is 3. The lowest BCUT2D eigenvalue weighted by molar-refractivity contribution is 0.100. The fraction of sp³-hybridized carbons (Fsp3) is 0.407. The first kappa shape index (κ1) is 26.3. The van der Waals surface area contributed by atoms with Crippen LogP contribution >= 0.6 is 0 Å². The van der Waals surface area contributed by atoms with Gasteiger partial charge in [-0.3, -0.25) is 9.69 Å². The second kappa shape index (κ2) is 11.5. The lowest BCUT2D eigenvalue weighted by Crippen LogP contribution is -2.28. The van der Waals surface area contributed by atoms with Crippen molar-refractivity contribution in [1.29, 1.82) is 0 Å². The summed E-state index contributed by atoms with van der Waals surface area (Å²) in [6.45, 7) is 9.37. The minimum absolute atomic E-state index is 0.145. The number of aryl methyl sites for hydroxylation is 1. The van der Waals surface area contributed by atoms with Crippen LogP contribution in [0.1, 0.15) is 41.8 Å². The van der Waals surface area contributed by atoms with E-state index in [1.165, 1.54) is 6.07 Å². The first-order valence-electron chi connectivity index (χ1n) is 12.5. The normalized spacial score (nSPS) is 15.7. The summed E-state index contributed by atoms with van der Waals surface area (Å²) in [7, 11) is 1.96. The second-order valence-corrected chi connectivity index (χ2v) is 10.1. The van der Waals surface area contributed by atoms with Crippen LogP contribution in [0.5, 0.6) is 0 Å². The van der Waals surface area contributed by atoms with Crippen molar-refractivity contribution in [3.63, 3.8) is 0 Å². The average Bonchev–Trinajstić information content (AvgIpc) is 3.26. The summed E-state index contributed by atoms with van der Waals surface area (Å²) >= 11 is 0. The first-order valence-corrected chi connectivity index (χ1v) is 12.5. The minimum atomic E-state index is -0.498. The summed E-state index contributed by atoms with van der Waals surface area (Å²) in [5.41, 5.74) is 8.47. The van der Waals surface area contributed by atoms with Crippen LogP contribution in [-0.2, 0) is 6.54 Å². The number of amides is 1. The molecule has 0 spiro atoms. The number of rotatable bonds is 10. The third kappa shape index (κ3) is 7.13. The van der Waals surface area contributed by atoms with E-state index in [0.29, 0.717) is 41.6 Å². The number of nitrogens with zero attached hydrogens (tertiary/aromatic N) is 5. The van der Waals surface area contributed by atoms with E-state index in [2.05, 4.69) is 39.3 Å². The Balaban J connectivity index is 1.53. The van der Waals surface area contributed by atoms with E-state index in [1.807, 2.05) is 31.0 Å². The molecular weight excluding hydrogens is 471 g/mol. The highest BCUT2D eigenvalue weighted by atomic mass is 19.1. The number of hydrogen-bond donors (Lipinski definition) is 3. The predicted octanol–water partition coefficient (Wildman–Crippen LogP) is 3.94. The lowest BCUT2D eigenvalue weighted by atomic mass is 10.1. The van der Waals surface area contributed by atoms with Gasteiger partial charge in [0.2, 0.25) is 23.8 Å². The maximum absolute atomic E-state index is 13.6. The van der Waals surface area contributed by atoms with E-state index in [-0.39, 0.29) is 11.9 Å². The van der Waals surface area contributed by atoms with Crippen LogP contribution in [0.3, 0.4) is 0 Å². The number of carbonyl (C=O) groups is 1. The highest BCUT2D eigenvalue weighted by Crippen LogP contribution is 2.23. The van der Waals surface area contributed by atoms with Crippen LogP contribution in [0, 0.1) is 18.7 Å². The molecule has 0 unspecified atom stereocenters. The minimum Gasteiger partial charge on any atom is -0.366 e. The Morgan fingerprint density at radius 1 is 1.19 bits per heavy atom. The van der Waals surface area contributed by atoms with Gasteiger partial charge in [0.1, 0.15) is 5.82 Å². The summed E-state index contributed by atoms with van der Waals surface area (Å²) < 4.78 is 13.6. The fourth-order valence-electron chi connectivity index (χ4n) is 4.49. The van der Waals surface area contributed by atoms with E-state index < -0.39 is 5.91 Å². The molecule has 1 atom stereocenters. The summed E-state index contributed by atoms with van der Waals surface area (Å²) in [5.74, 6) is 1.11. The first-order chi connectivity index (χ1) is 17.7. The molecule has 1 aliphatic heterocycles. The maximum Gasteiger partial charge on any atom is 0.248 e. The standard InChI is InChI=1S/C27H35FN8O/c1-17(2)14-35(4)27-33-25(30-22-10-11-36(16-22)15-19-6-5-7-21(28)12-19)32-26(34-27)31-23-13-20(24(29)37)9-8-18(23)3/h5-9,12-13,17,22H,10-11,14-16H2,1-4H3,(H2,29,37)(H2,30,31,32,33,34)/t22-/m0/s1. The molecule has 4 rings (SSSR count). The molecule has 0 radical (unpaired) electrons. The third-order valence-electron chi connectivity index (χ3n) is 6.27. The second-order valence-electron chi connectivity index (χ2n) is 10.1. The number of carbonyl (C=O) groups excluding carboxylic acids is 1. The highest BCUT2D eigenvalue weighted by Gasteiger charge is 2.24. The molecule has 0 aliphatic carbocycles. The smallest absolute Gasteiger partial charge is 0.248 e. The molecule has 196 valence electrons. The van der Waals surface area contributed by atoms with Gasteiger partial charge in [0.15, 0.2) is 0 Å². The molecule has 2 aromatic carbocycles. The van der Waals surface area contributed by atoms with Crippen molar-refractivity contribution in [2.75, 3.05) is 42.2 Å². The number of likely N-dealkylation sites (tertiary alicyclic amines) is 1. The van der Waals surface area contributed by atoms with Crippen LogP contribution < -0.4 is 21.3 Å². The number of nitrogens with one attached hydrogen (secondary N) is 2. The van der Waals surface area contributed by atoms with E-state index in [9.17, 15) is 9.18 Å². The molecule has 1 fully saturated rings. The van der Waals surface area contributed by atoms with Crippen molar-refractivity contribution < 1.29 is 9.18 Å². The van der Waals surface area contributed by atoms with Crippen molar-refractivity contribution in [2.45, 2.75) is 39.8 Å². The largest absolute Gasteiger partial charge is 0.366 e. The van der Waals surface area contributed by atoms with E-state index >= 15 is 0 Å². The van der Waals surface area contributed by atoms with Gasteiger partial charge in [0, 0.05) is 50.5 Å². The Kier molecular flexibility index (Phi) is 8.17. The van der Waals surface area contributed by atoms with Gasteiger partial charge in [-0.25, -0.2) is 4.39 Å². The average molecular weight is 507 g/mol. The Morgan fingerprint density at radius 3 is 2.70 bits per heavy atom. The third-order valence-corrected chi connectivity index (χ3v) is 6.27. The van der Waals surface area contributed by atoms with Gasteiger partial charge >= 0.3 is 0 Å². The monoisotopic (exact) mass is 506 g/mol. The molecule has 1 aromatic heterocycles. The number of benzene rings is 2. The summed E-state index contributed by atoms with van der Waals surface area (Å²) in [6.07, 6.45) is 0.917. The van der Waals surface area contributed by atoms with Crippen LogP contribution in [0.25, 0.3) is 0 Å². The molecule has 3 aromatic rings. The van der Waals surface area contributed by atoms with Crippen molar-refractivity contribution in [1.82, 2.24) is 19.9 Å². The topological polar surface area (TPSA) is 112 Å². The van der Waals surface area contributed by atoms with Crippen LogP contribution in [0.15, 0.2) is 42.5 Å². The zero-order valence-corrected chi connectivity index (χ0v) is 21.8. The Bertz CT molecular complexity index is 1250. The molecule has 2 heterocycles. The van der Waals surface area contributed by atoms with Gasteiger partial charge in [0.05, 0.1) is 0 Å². The van der Waals surface area contributed by atoms with Gasteiger partial charge in [-0.15, -0.1) is 0 Å². The SMILES string of the molecule is Cc1ccc(C(N)=O)cc1Nc1nc(N[C@H]2CCN(Cc3cccc(F)c3)C2)nc(N(C)CC(C)C)n1. The van der Waals surface area contributed by atoms with Crippen LogP contribution in [-0.4, -0.2) is 58.5 Å². The molecule has 4 N–H and O–H groups in total. The van der Waals surface area contributed by atoms with Gasteiger partial charge in [-0.05, 0) is 54.7 Å². The number of anilines is 4. The fourth-order valence-corrected chi connectivity index (χ4v) is 4.49. The van der Waals surface area contributed by atoms with E-state index in [4.69, 9.17) is 10.7 Å². The van der Waals surface area contributed by atoms with Gasteiger partial charge in [-0.2, -0.15) is 15.0 Å². The van der Waals surface area contributed by atoms with Crippen LogP contribution in [0.4, 0.5) is 27.9 Å². The lowest BCUT2D eigenvalue weighted by Gasteiger charge is -2.22. The van der Waals surface area contributed by atoms with Crippen molar-refractivity contribution >= 4 is 29.4 Å². The molecule has 1 aliphatic rings. The molecule has 10 heteroatoms. The maximum atomic E-state index is 13.6. The highest BCUT2D eigenvalue weighted by molar-refractivity contribution is 5.94. The summed E-state index contributed by atoms with van der Waals surface area (Å²) in [4.78, 5) is 29.9. The molecule has 0 saturated carbocycles. The van der Waals surface area contributed by atoms with Gasteiger partial charge < -0.3 is 21.3 Å². The number of nitrogens with two attached hydrogens (primary N) is 1. The van der Waals surface area contributed by atoms with Gasteiger partial charge in [-0.1, -0.05) is 32.0 Å². The van der Waals surface area contributed by atoms with Crippen molar-refractivity contribution in [2.24, 2.45) is 11.7 Å². The number of primary amides is 1. The Hall–Kier alpha value is -3.79. The zero-order valence-electron chi connectivity index (χ0n) is 21.8. The van der Waals surface area contributed by atoms with Crippen molar-refractivity contribution in [3.8, 4) is 0 Å². The van der Waals surface area contributed by atoms with Crippen LogP contribution in [0.2, 0.25) is 0 Å². The number of hydrogen-bond acceptors (Lipinski definition) is 8. The summed E-state index contributed by atoms with van der Waals surface area (Å²) in [6, 6.07) is 12.1. The van der Waals surface area contributed by atoms with E-state index in [1.54, 1.807) is 24.3 Å². The zero-order chi connectivity index (χ0) is 26.5. The quantitative estimate of drug-likeness (QED) is 0.379. The molecule has 9 nitrogen and oxygen atoms in total. The number of halogens is 1. The van der Waals surface area contributed by atoms with Gasteiger partial charge in [0.25, 0.3) is 0 Å². The Labute approximate surface area is 217 Å².